The predicted molar refractivity (Wildman–Crippen MR) is 81.2 cm³/mol. The van der Waals surface area contributed by atoms with Crippen LogP contribution in [0.15, 0.2) is 29.2 Å². The molecular weight excluding hydrogens is 286 g/mol. The first-order valence-corrected chi connectivity index (χ1v) is 8.27. The third kappa shape index (κ3) is 2.79. The van der Waals surface area contributed by atoms with Crippen LogP contribution in [0.4, 0.5) is 0 Å². The molecule has 3 rings (SSSR count). The normalized spacial score (nSPS) is 22.0. The number of carbonyl (C=O) groups is 2. The number of carbonyl (C=O) groups excluding carboxylic acids is 2. The molecule has 1 amide bonds. The lowest BCUT2D eigenvalue weighted by Crippen LogP contribution is -2.42. The molecule has 1 aromatic rings. The van der Waals surface area contributed by atoms with Gasteiger partial charge in [0.05, 0.1) is 18.9 Å². The van der Waals surface area contributed by atoms with Gasteiger partial charge >= 0.3 is 5.97 Å². The minimum Gasteiger partial charge on any atom is -0.469 e. The first-order valence-electron chi connectivity index (χ1n) is 7.29. The third-order valence-electron chi connectivity index (χ3n) is 4.34. The summed E-state index contributed by atoms with van der Waals surface area (Å²) in [5.41, 5.74) is 1.16. The van der Waals surface area contributed by atoms with E-state index >= 15 is 0 Å². The Bertz CT molecular complexity index is 552. The van der Waals surface area contributed by atoms with E-state index in [0.717, 1.165) is 11.3 Å². The van der Waals surface area contributed by atoms with Crippen molar-refractivity contribution in [3.05, 3.63) is 29.8 Å². The summed E-state index contributed by atoms with van der Waals surface area (Å²) in [5, 5.41) is 0. The fourth-order valence-corrected chi connectivity index (χ4v) is 4.31. The maximum absolute atomic E-state index is 12.7. The zero-order valence-corrected chi connectivity index (χ0v) is 12.9. The highest BCUT2D eigenvalue weighted by molar-refractivity contribution is 7.99. The molecule has 1 saturated heterocycles. The highest BCUT2D eigenvalue weighted by Gasteiger charge is 2.35. The molecule has 1 aromatic carbocycles. The van der Waals surface area contributed by atoms with E-state index in [4.69, 9.17) is 4.74 Å². The van der Waals surface area contributed by atoms with Gasteiger partial charge in [-0.15, -0.1) is 11.8 Å². The Balaban J connectivity index is 1.64. The Hall–Kier alpha value is -1.49. The zero-order chi connectivity index (χ0) is 14.8. The van der Waals surface area contributed by atoms with E-state index in [0.29, 0.717) is 25.9 Å². The van der Waals surface area contributed by atoms with Gasteiger partial charge in [-0.05, 0) is 24.5 Å². The molecule has 0 radical (unpaired) electrons. The van der Waals surface area contributed by atoms with Crippen LogP contribution in [-0.2, 0) is 14.3 Å². The predicted octanol–water partition coefficient (Wildman–Crippen LogP) is 2.29. The molecule has 21 heavy (non-hydrogen) atoms. The lowest BCUT2D eigenvalue weighted by Gasteiger charge is -2.32. The topological polar surface area (TPSA) is 46.6 Å². The summed E-state index contributed by atoms with van der Waals surface area (Å²) < 4.78 is 4.79. The molecule has 1 fully saturated rings. The molecule has 2 aliphatic heterocycles. The Labute approximate surface area is 128 Å². The number of likely N-dealkylation sites (tertiary alicyclic amines) is 1. The summed E-state index contributed by atoms with van der Waals surface area (Å²) in [4.78, 5) is 27.4. The van der Waals surface area contributed by atoms with E-state index in [9.17, 15) is 9.59 Å². The van der Waals surface area contributed by atoms with Gasteiger partial charge in [-0.25, -0.2) is 0 Å². The van der Waals surface area contributed by atoms with Gasteiger partial charge < -0.3 is 9.64 Å². The Morgan fingerprint density at radius 1 is 1.24 bits per heavy atom. The summed E-state index contributed by atoms with van der Waals surface area (Å²) in [7, 11) is 1.42. The Morgan fingerprint density at radius 2 is 1.95 bits per heavy atom. The van der Waals surface area contributed by atoms with Crippen molar-refractivity contribution in [3.8, 4) is 0 Å². The number of thioether (sulfide) groups is 1. The number of ether oxygens (including phenoxy) is 1. The fourth-order valence-electron chi connectivity index (χ4n) is 3.09. The molecule has 0 bridgehead atoms. The minimum atomic E-state index is -0.149. The number of rotatable bonds is 2. The second-order valence-corrected chi connectivity index (χ2v) is 6.59. The first kappa shape index (κ1) is 14.4. The van der Waals surface area contributed by atoms with E-state index in [1.54, 1.807) is 11.8 Å². The molecular formula is C16H19NO3S. The van der Waals surface area contributed by atoms with Crippen LogP contribution in [0.25, 0.3) is 0 Å². The summed E-state index contributed by atoms with van der Waals surface area (Å²) in [6.07, 6.45) is 1.42. The summed E-state index contributed by atoms with van der Waals surface area (Å²) in [6, 6.07) is 8.14. The van der Waals surface area contributed by atoms with Gasteiger partial charge in [0.2, 0.25) is 5.91 Å². The number of benzene rings is 1. The van der Waals surface area contributed by atoms with Crippen LogP contribution in [0.2, 0.25) is 0 Å². The number of methoxy groups -OCH3 is 1. The Morgan fingerprint density at radius 3 is 2.67 bits per heavy atom. The number of fused-ring (bicyclic) bond motifs is 1. The largest absolute Gasteiger partial charge is 0.469 e. The van der Waals surface area contributed by atoms with Crippen molar-refractivity contribution in [2.45, 2.75) is 23.7 Å². The number of piperidine rings is 1. The standard InChI is InChI=1S/C16H19NO3S/c1-20-16(19)11-6-8-17(9-7-11)15(18)13-10-21-14-5-3-2-4-12(13)14/h2-5,11,13H,6-10H2,1H3. The number of hydrogen-bond acceptors (Lipinski definition) is 4. The molecule has 0 spiro atoms. The van der Waals surface area contributed by atoms with E-state index in [1.807, 2.05) is 17.0 Å². The van der Waals surface area contributed by atoms with Gasteiger partial charge in [0.1, 0.15) is 0 Å². The van der Waals surface area contributed by atoms with Crippen LogP contribution in [0.3, 0.4) is 0 Å². The molecule has 5 heteroatoms. The molecule has 2 aliphatic rings. The van der Waals surface area contributed by atoms with Crippen molar-refractivity contribution in [2.75, 3.05) is 26.0 Å². The van der Waals surface area contributed by atoms with Crippen molar-refractivity contribution < 1.29 is 14.3 Å². The summed E-state index contributed by atoms with van der Waals surface area (Å²) >= 11 is 1.76. The van der Waals surface area contributed by atoms with Gasteiger partial charge in [-0.2, -0.15) is 0 Å². The van der Waals surface area contributed by atoms with Crippen LogP contribution in [-0.4, -0.2) is 42.7 Å². The number of nitrogens with zero attached hydrogens (tertiary/aromatic N) is 1. The highest BCUT2D eigenvalue weighted by atomic mass is 32.2. The summed E-state index contributed by atoms with van der Waals surface area (Å²) in [6.45, 7) is 1.31. The minimum absolute atomic E-state index is 0.0270. The molecule has 0 saturated carbocycles. The van der Waals surface area contributed by atoms with Gasteiger partial charge in [0.15, 0.2) is 0 Å². The third-order valence-corrected chi connectivity index (χ3v) is 5.52. The average Bonchev–Trinajstić information content (AvgIpc) is 2.97. The van der Waals surface area contributed by atoms with Crippen molar-refractivity contribution in [2.24, 2.45) is 5.92 Å². The smallest absolute Gasteiger partial charge is 0.308 e. The van der Waals surface area contributed by atoms with Crippen molar-refractivity contribution in [1.82, 2.24) is 4.90 Å². The van der Waals surface area contributed by atoms with Crippen LogP contribution >= 0.6 is 11.8 Å². The zero-order valence-electron chi connectivity index (χ0n) is 12.1. The van der Waals surface area contributed by atoms with Crippen LogP contribution in [0.5, 0.6) is 0 Å². The molecule has 2 heterocycles. The van der Waals surface area contributed by atoms with Gasteiger partial charge in [0, 0.05) is 23.7 Å². The SMILES string of the molecule is COC(=O)C1CCN(C(=O)C2CSc3ccccc32)CC1. The molecule has 0 N–H and O–H groups in total. The molecule has 0 aromatic heterocycles. The molecule has 1 unspecified atom stereocenters. The lowest BCUT2D eigenvalue weighted by atomic mass is 9.94. The number of hydrogen-bond donors (Lipinski definition) is 0. The molecule has 112 valence electrons. The molecule has 1 atom stereocenters. The van der Waals surface area contributed by atoms with Crippen molar-refractivity contribution >= 4 is 23.6 Å². The highest BCUT2D eigenvalue weighted by Crippen LogP contribution is 2.40. The van der Waals surface area contributed by atoms with Crippen molar-refractivity contribution in [1.29, 1.82) is 0 Å². The van der Waals surface area contributed by atoms with Gasteiger partial charge in [0.25, 0.3) is 0 Å². The van der Waals surface area contributed by atoms with E-state index in [1.165, 1.54) is 12.0 Å². The van der Waals surface area contributed by atoms with E-state index in [2.05, 4.69) is 12.1 Å². The Kier molecular flexibility index (Phi) is 4.19. The summed E-state index contributed by atoms with van der Waals surface area (Å²) in [5.74, 6) is 0.805. The quantitative estimate of drug-likeness (QED) is 0.787. The molecule has 0 aliphatic carbocycles. The lowest BCUT2D eigenvalue weighted by molar-refractivity contribution is -0.149. The monoisotopic (exact) mass is 305 g/mol. The maximum atomic E-state index is 12.7. The number of esters is 1. The van der Waals surface area contributed by atoms with Crippen LogP contribution in [0.1, 0.15) is 24.3 Å². The fraction of sp³-hybridized carbons (Fsp3) is 0.500. The average molecular weight is 305 g/mol. The van der Waals surface area contributed by atoms with Crippen LogP contribution < -0.4 is 0 Å². The second kappa shape index (κ2) is 6.10. The number of amides is 1. The molecule has 4 nitrogen and oxygen atoms in total. The maximum Gasteiger partial charge on any atom is 0.308 e. The first-order chi connectivity index (χ1) is 10.2. The van der Waals surface area contributed by atoms with Crippen molar-refractivity contribution in [3.63, 3.8) is 0 Å². The van der Waals surface area contributed by atoms with Gasteiger partial charge in [-0.3, -0.25) is 9.59 Å². The van der Waals surface area contributed by atoms with Gasteiger partial charge in [-0.1, -0.05) is 18.2 Å². The second-order valence-electron chi connectivity index (χ2n) is 5.52. The van der Waals surface area contributed by atoms with E-state index < -0.39 is 0 Å². The van der Waals surface area contributed by atoms with E-state index in [-0.39, 0.29) is 23.7 Å². The van der Waals surface area contributed by atoms with Crippen LogP contribution in [0, 0.1) is 5.92 Å².